The summed E-state index contributed by atoms with van der Waals surface area (Å²) in [6.45, 7) is 20.8. The molecule has 0 amide bonds. The molecule has 0 spiro atoms. The Balaban J connectivity index is 0.00000148. The maximum Gasteiger partial charge on any atom is 0.0706 e. The first kappa shape index (κ1) is 28.2. The fourth-order valence-corrected chi connectivity index (χ4v) is 10.5. The van der Waals surface area contributed by atoms with E-state index < -0.39 is 0 Å². The van der Waals surface area contributed by atoms with Crippen LogP contribution in [0.1, 0.15) is 113 Å². The molecule has 0 saturated heterocycles. The summed E-state index contributed by atoms with van der Waals surface area (Å²) < 4.78 is 5.57. The third-order valence-corrected chi connectivity index (χ3v) is 12.1. The number of nitrogens with zero attached hydrogens (tertiary/aromatic N) is 2. The molecule has 3 nitrogen and oxygen atoms in total. The second kappa shape index (κ2) is 11.1. The Bertz CT molecular complexity index is 815. The Morgan fingerprint density at radius 1 is 1.03 bits per heavy atom. The van der Waals surface area contributed by atoms with Crippen molar-refractivity contribution in [2.45, 2.75) is 119 Å². The van der Waals surface area contributed by atoms with Crippen molar-refractivity contribution in [3.63, 3.8) is 0 Å². The molecule has 206 valence electrons. The van der Waals surface area contributed by atoms with E-state index in [1.807, 2.05) is 21.0 Å². The van der Waals surface area contributed by atoms with E-state index in [1.54, 1.807) is 0 Å². The molecule has 0 radical (unpaired) electrons. The quantitative estimate of drug-likeness (QED) is 0.379. The van der Waals surface area contributed by atoms with Crippen LogP contribution in [-0.2, 0) is 4.74 Å². The van der Waals surface area contributed by atoms with Gasteiger partial charge in [0, 0.05) is 20.3 Å². The monoisotopic (exact) mass is 498 g/mol. The highest BCUT2D eigenvalue weighted by Gasteiger charge is 2.59. The van der Waals surface area contributed by atoms with Gasteiger partial charge in [0.2, 0.25) is 0 Å². The number of fused-ring (bicyclic) bond motifs is 5. The fraction of sp³-hybridized carbons (Fsp3) is 0.909. The van der Waals surface area contributed by atoms with Crippen molar-refractivity contribution in [3.05, 3.63) is 11.1 Å². The van der Waals surface area contributed by atoms with Gasteiger partial charge in [0.15, 0.2) is 0 Å². The molecule has 0 aromatic heterocycles. The molecule has 0 aromatic rings. The molecule has 10 unspecified atom stereocenters. The van der Waals surface area contributed by atoms with Crippen LogP contribution in [0.25, 0.3) is 0 Å². The lowest BCUT2D eigenvalue weighted by Crippen LogP contribution is -2.52. The van der Waals surface area contributed by atoms with Gasteiger partial charge in [0.05, 0.1) is 12.3 Å². The van der Waals surface area contributed by atoms with Gasteiger partial charge in [0.25, 0.3) is 0 Å². The fourth-order valence-electron chi connectivity index (χ4n) is 10.5. The smallest absolute Gasteiger partial charge is 0.0706 e. The predicted octanol–water partition coefficient (Wildman–Crippen LogP) is 8.60. The number of ether oxygens (including phenoxy) is 1. The lowest BCUT2D eigenvalue weighted by Gasteiger charge is -2.60. The predicted molar refractivity (Wildman–Crippen MR) is 154 cm³/mol. The largest absolute Gasteiger partial charge is 0.384 e. The van der Waals surface area contributed by atoms with Crippen molar-refractivity contribution >= 4 is 6.21 Å². The number of hydrogen-bond donors (Lipinski definition) is 0. The number of methoxy groups -OCH3 is 1. The normalized spacial score (nSPS) is 44.3. The topological polar surface area (TPSA) is 24.8 Å². The second-order valence-electron chi connectivity index (χ2n) is 14.0. The van der Waals surface area contributed by atoms with E-state index in [4.69, 9.17) is 9.84 Å². The van der Waals surface area contributed by atoms with Crippen molar-refractivity contribution in [2.24, 2.45) is 57.4 Å². The molecule has 0 N–H and O–H groups in total. The van der Waals surface area contributed by atoms with Gasteiger partial charge in [-0.2, -0.15) is 5.10 Å². The van der Waals surface area contributed by atoms with Gasteiger partial charge in [0.1, 0.15) is 0 Å². The van der Waals surface area contributed by atoms with Crippen molar-refractivity contribution in [3.8, 4) is 0 Å². The van der Waals surface area contributed by atoms with E-state index in [1.165, 1.54) is 68.9 Å². The molecule has 3 heteroatoms. The number of hydrogen-bond acceptors (Lipinski definition) is 3. The minimum atomic E-state index is 0.442. The summed E-state index contributed by atoms with van der Waals surface area (Å²) in [6.07, 6.45) is 15.3. The van der Waals surface area contributed by atoms with E-state index >= 15 is 0 Å². The van der Waals surface area contributed by atoms with Crippen LogP contribution in [0.15, 0.2) is 16.2 Å². The molecule has 36 heavy (non-hydrogen) atoms. The second-order valence-corrected chi connectivity index (χ2v) is 14.0. The Kier molecular flexibility index (Phi) is 8.70. The van der Waals surface area contributed by atoms with Gasteiger partial charge in [-0.3, -0.25) is 5.01 Å². The maximum atomic E-state index is 5.57. The van der Waals surface area contributed by atoms with Gasteiger partial charge in [-0.25, -0.2) is 0 Å². The minimum Gasteiger partial charge on any atom is -0.384 e. The van der Waals surface area contributed by atoms with E-state index in [2.05, 4.69) is 52.8 Å². The summed E-state index contributed by atoms with van der Waals surface area (Å²) in [7, 11) is 1.89. The minimum absolute atomic E-state index is 0.442. The highest BCUT2D eigenvalue weighted by atomic mass is 16.5. The van der Waals surface area contributed by atoms with E-state index in [0.717, 1.165) is 54.6 Å². The van der Waals surface area contributed by atoms with Crippen molar-refractivity contribution < 1.29 is 4.74 Å². The summed E-state index contributed by atoms with van der Waals surface area (Å²) in [5, 5.41) is 7.23. The third kappa shape index (κ3) is 4.85. The number of hydrazone groups is 1. The van der Waals surface area contributed by atoms with Crippen molar-refractivity contribution in [1.29, 1.82) is 0 Å². The molecular weight excluding hydrogens is 440 g/mol. The zero-order valence-corrected chi connectivity index (χ0v) is 25.3. The zero-order valence-electron chi connectivity index (χ0n) is 25.3. The summed E-state index contributed by atoms with van der Waals surface area (Å²) in [5.74, 6) is 6.32. The highest BCUT2D eigenvalue weighted by Crippen LogP contribution is 2.67. The molecule has 1 heterocycles. The van der Waals surface area contributed by atoms with Gasteiger partial charge >= 0.3 is 0 Å². The molecule has 0 bridgehead atoms. The summed E-state index contributed by atoms with van der Waals surface area (Å²) in [5.41, 5.74) is 3.97. The lowest BCUT2D eigenvalue weighted by molar-refractivity contribution is -0.112. The lowest BCUT2D eigenvalue weighted by atomic mass is 9.45. The van der Waals surface area contributed by atoms with Crippen LogP contribution in [-0.4, -0.2) is 37.5 Å². The molecule has 4 fully saturated rings. The Labute approximate surface area is 223 Å². The van der Waals surface area contributed by atoms with Crippen LogP contribution in [0.4, 0.5) is 0 Å². The van der Waals surface area contributed by atoms with Crippen LogP contribution in [0, 0.1) is 52.3 Å². The summed E-state index contributed by atoms with van der Waals surface area (Å²) in [6, 6.07) is 0.442. The van der Waals surface area contributed by atoms with E-state index in [9.17, 15) is 0 Å². The van der Waals surface area contributed by atoms with Crippen LogP contribution in [0.3, 0.4) is 0 Å². The molecule has 4 aliphatic carbocycles. The van der Waals surface area contributed by atoms with Gasteiger partial charge in [-0.05, 0) is 136 Å². The van der Waals surface area contributed by atoms with Gasteiger partial charge in [-0.15, -0.1) is 0 Å². The Morgan fingerprint density at radius 2 is 1.69 bits per heavy atom. The highest BCUT2D eigenvalue weighted by molar-refractivity contribution is 5.82. The maximum absolute atomic E-state index is 5.57. The van der Waals surface area contributed by atoms with E-state index in [-0.39, 0.29) is 0 Å². The van der Waals surface area contributed by atoms with Crippen molar-refractivity contribution in [2.75, 3.05) is 20.3 Å². The van der Waals surface area contributed by atoms with Gasteiger partial charge < -0.3 is 4.74 Å². The summed E-state index contributed by atoms with van der Waals surface area (Å²) >= 11 is 0. The SMILES string of the molecule is CC.COCC1CCC2C3CCC4(C)C(C(C)CN5N=CC(=C(C)C)C5C)CCC4C3CCC2(C)C1. The number of allylic oxidation sites excluding steroid dienone is 1. The van der Waals surface area contributed by atoms with Crippen LogP contribution < -0.4 is 0 Å². The number of rotatable bonds is 5. The molecule has 1 aliphatic heterocycles. The first-order chi connectivity index (χ1) is 17.2. The average Bonchev–Trinajstić information content (AvgIpc) is 3.39. The molecular formula is C33H58N2O. The van der Waals surface area contributed by atoms with Gasteiger partial charge in [-0.1, -0.05) is 40.2 Å². The van der Waals surface area contributed by atoms with Crippen molar-refractivity contribution in [1.82, 2.24) is 5.01 Å². The molecule has 5 rings (SSSR count). The van der Waals surface area contributed by atoms with Crippen LogP contribution >= 0.6 is 0 Å². The first-order valence-electron chi connectivity index (χ1n) is 15.6. The Hall–Kier alpha value is -0.830. The molecule has 5 aliphatic rings. The standard InChI is InChI=1S/C31H52N2O.C2H6/c1-20(2)26-17-32-33(22(26)4)18-21(3)27-10-11-29-25-12-14-30(5)16-23(19-34-7)8-9-28(30)24(25)13-15-31(27,29)6;1-2/h17,21-25,27-29H,8-16,18-19H2,1-7H3;1-2H3. The van der Waals surface area contributed by atoms with E-state index in [0.29, 0.717) is 16.9 Å². The average molecular weight is 499 g/mol. The summed E-state index contributed by atoms with van der Waals surface area (Å²) in [4.78, 5) is 0. The molecule has 10 atom stereocenters. The van der Waals surface area contributed by atoms with Crippen LogP contribution in [0.2, 0.25) is 0 Å². The zero-order chi connectivity index (χ0) is 26.3. The molecule has 0 aromatic carbocycles. The van der Waals surface area contributed by atoms with Crippen LogP contribution in [0.5, 0.6) is 0 Å². The Morgan fingerprint density at radius 3 is 2.36 bits per heavy atom. The molecule has 4 saturated carbocycles. The first-order valence-corrected chi connectivity index (χ1v) is 15.6. The third-order valence-electron chi connectivity index (χ3n) is 12.1.